The highest BCUT2D eigenvalue weighted by Gasteiger charge is 2.41. The molecule has 1 rings (SSSR count). The third-order valence-electron chi connectivity index (χ3n) is 1.92. The summed E-state index contributed by atoms with van der Waals surface area (Å²) in [6, 6.07) is 0. The molecule has 1 aromatic heterocycles. The van der Waals surface area contributed by atoms with E-state index in [4.69, 9.17) is 0 Å². The zero-order valence-electron chi connectivity index (χ0n) is 9.66. The monoisotopic (exact) mass is 306 g/mol. The fourth-order valence-electron chi connectivity index (χ4n) is 0.988. The van der Waals surface area contributed by atoms with Gasteiger partial charge in [0.15, 0.2) is 5.82 Å². The molecule has 0 aromatic carbocycles. The smallest absolute Gasteiger partial charge is 0.330 e. The van der Waals surface area contributed by atoms with Gasteiger partial charge < -0.3 is 9.26 Å². The van der Waals surface area contributed by atoms with Crippen LogP contribution in [0.25, 0.3) is 0 Å². The lowest BCUT2D eigenvalue weighted by Gasteiger charge is -2.14. The number of hydrogen-bond donors (Lipinski definition) is 0. The Morgan fingerprint density at radius 1 is 1.30 bits per heavy atom. The van der Waals surface area contributed by atoms with Gasteiger partial charge in [-0.3, -0.25) is 4.79 Å². The van der Waals surface area contributed by atoms with E-state index in [1.807, 2.05) is 0 Å². The van der Waals surface area contributed by atoms with Crippen LogP contribution in [0.2, 0.25) is 0 Å². The van der Waals surface area contributed by atoms with E-state index >= 15 is 0 Å². The van der Waals surface area contributed by atoms with Crippen molar-refractivity contribution in [2.45, 2.75) is 31.8 Å². The molecule has 0 aliphatic rings. The average Bonchev–Trinajstić information content (AvgIpc) is 2.76. The van der Waals surface area contributed by atoms with E-state index < -0.39 is 50.1 Å². The number of Topliss-reactive ketones (excluding diaryl/α,β-unsaturated/α-hetero) is 1. The van der Waals surface area contributed by atoms with Crippen LogP contribution in [0.1, 0.15) is 11.7 Å². The van der Waals surface area contributed by atoms with Gasteiger partial charge in [-0.05, 0) is 0 Å². The molecule has 1 aromatic rings. The van der Waals surface area contributed by atoms with Crippen LogP contribution in [0, 0.1) is 0 Å². The van der Waals surface area contributed by atoms with E-state index in [-0.39, 0.29) is 5.82 Å². The zero-order chi connectivity index (χ0) is 15.3. The number of halogens is 6. The van der Waals surface area contributed by atoms with E-state index in [0.29, 0.717) is 0 Å². The molecule has 0 aliphatic heterocycles. The molecule has 5 nitrogen and oxygen atoms in total. The summed E-state index contributed by atoms with van der Waals surface area (Å²) >= 11 is 0. The quantitative estimate of drug-likeness (QED) is 0.686. The van der Waals surface area contributed by atoms with Crippen LogP contribution in [0.5, 0.6) is 0 Å². The Kier molecular flexibility index (Phi) is 5.48. The Morgan fingerprint density at radius 3 is 2.50 bits per heavy atom. The Balaban J connectivity index is 2.43. The summed E-state index contributed by atoms with van der Waals surface area (Å²) in [4.78, 5) is 14.1. The summed E-state index contributed by atoms with van der Waals surface area (Å²) in [5, 5.41) is 3.15. The molecule has 0 aliphatic carbocycles. The number of ketones is 1. The second-order valence-electron chi connectivity index (χ2n) is 3.60. The molecule has 0 saturated heterocycles. The van der Waals surface area contributed by atoms with Crippen molar-refractivity contribution < 1.29 is 40.4 Å². The van der Waals surface area contributed by atoms with Gasteiger partial charge in [0.2, 0.25) is 11.7 Å². The topological polar surface area (TPSA) is 65.2 Å². The number of hydrogen-bond acceptors (Lipinski definition) is 5. The molecule has 20 heavy (non-hydrogen) atoms. The largest absolute Gasteiger partial charge is 0.367 e. The van der Waals surface area contributed by atoms with Crippen molar-refractivity contribution in [1.29, 1.82) is 0 Å². The number of nitrogens with zero attached hydrogens (tertiary/aromatic N) is 2. The summed E-state index contributed by atoms with van der Waals surface area (Å²) in [5.74, 6) is -6.55. The van der Waals surface area contributed by atoms with Gasteiger partial charge in [-0.15, -0.1) is 0 Å². The maximum atomic E-state index is 12.4. The molecule has 0 bridgehead atoms. The normalized spacial score (nSPS) is 12.4. The molecular weight excluding hydrogens is 298 g/mol. The summed E-state index contributed by atoms with van der Waals surface area (Å²) in [6.07, 6.45) is -7.91. The number of carbonyl (C=O) groups excluding carboxylic acids is 1. The van der Waals surface area contributed by atoms with Crippen LogP contribution in [-0.4, -0.2) is 41.3 Å². The average molecular weight is 306 g/mol. The second-order valence-corrected chi connectivity index (χ2v) is 3.60. The van der Waals surface area contributed by atoms with Crippen LogP contribution in [0.4, 0.5) is 26.3 Å². The first-order chi connectivity index (χ1) is 9.22. The van der Waals surface area contributed by atoms with Crippen LogP contribution in [0.3, 0.4) is 0 Å². The highest BCUT2D eigenvalue weighted by Crippen LogP contribution is 2.23. The molecule has 0 atom stereocenters. The first-order valence-corrected chi connectivity index (χ1v) is 5.08. The Labute approximate surface area is 107 Å². The minimum absolute atomic E-state index is 0.327. The molecule has 0 radical (unpaired) electrons. The number of ether oxygens (including phenoxy) is 1. The van der Waals surface area contributed by atoms with Crippen molar-refractivity contribution >= 4 is 5.78 Å². The Bertz CT molecular complexity index is 451. The van der Waals surface area contributed by atoms with Crippen molar-refractivity contribution in [3.63, 3.8) is 0 Å². The van der Waals surface area contributed by atoms with Gasteiger partial charge in [0.1, 0.15) is 13.2 Å². The highest BCUT2D eigenvalue weighted by atomic mass is 19.3. The molecular formula is C9H8F6N2O3. The molecule has 0 saturated carbocycles. The maximum absolute atomic E-state index is 12.4. The zero-order valence-corrected chi connectivity index (χ0v) is 9.66. The minimum Gasteiger partial charge on any atom is -0.367 e. The number of alkyl halides is 6. The van der Waals surface area contributed by atoms with Gasteiger partial charge in [-0.2, -0.15) is 13.8 Å². The molecule has 0 unspecified atom stereocenters. The van der Waals surface area contributed by atoms with Crippen molar-refractivity contribution in [2.75, 3.05) is 6.61 Å². The summed E-state index contributed by atoms with van der Waals surface area (Å²) in [6.45, 7) is -2.25. The summed E-state index contributed by atoms with van der Waals surface area (Å²) < 4.78 is 80.9. The lowest BCUT2D eigenvalue weighted by molar-refractivity contribution is -0.168. The summed E-state index contributed by atoms with van der Waals surface area (Å²) in [5.41, 5.74) is 0. The SMILES string of the molecule is O=C(Cc1nc(COCC(F)(F)C(F)F)no1)C(F)F. The third kappa shape index (κ3) is 4.79. The molecule has 11 heteroatoms. The first kappa shape index (κ1) is 16.4. The minimum atomic E-state index is -4.32. The molecule has 0 fully saturated rings. The fraction of sp³-hybridized carbons (Fsp3) is 0.667. The number of carbonyl (C=O) groups is 1. The number of aromatic nitrogens is 2. The molecule has 0 N–H and O–H groups in total. The van der Waals surface area contributed by atoms with Gasteiger partial charge in [0, 0.05) is 0 Å². The van der Waals surface area contributed by atoms with Crippen LogP contribution in [-0.2, 0) is 22.6 Å². The molecule has 114 valence electrons. The van der Waals surface area contributed by atoms with Gasteiger partial charge in [0.05, 0.1) is 6.42 Å². The highest BCUT2D eigenvalue weighted by molar-refractivity contribution is 5.82. The lowest BCUT2D eigenvalue weighted by Crippen LogP contribution is -2.32. The summed E-state index contributed by atoms with van der Waals surface area (Å²) in [7, 11) is 0. The van der Waals surface area contributed by atoms with Crippen molar-refractivity contribution in [1.82, 2.24) is 10.1 Å². The fourth-order valence-corrected chi connectivity index (χ4v) is 0.988. The van der Waals surface area contributed by atoms with E-state index in [9.17, 15) is 31.1 Å². The molecule has 0 amide bonds. The lowest BCUT2D eigenvalue weighted by atomic mass is 10.3. The first-order valence-electron chi connectivity index (χ1n) is 5.08. The van der Waals surface area contributed by atoms with Crippen LogP contribution >= 0.6 is 0 Å². The van der Waals surface area contributed by atoms with Gasteiger partial charge in [-0.1, -0.05) is 5.16 Å². The standard InChI is InChI=1S/C9H8F6N2O3/c10-7(11)4(18)1-6-16-5(17-20-6)2-19-3-9(14,15)8(12)13/h7-8H,1-3H2. The third-order valence-corrected chi connectivity index (χ3v) is 1.92. The van der Waals surface area contributed by atoms with Crippen LogP contribution in [0.15, 0.2) is 4.52 Å². The number of rotatable bonds is 8. The molecule has 0 spiro atoms. The van der Waals surface area contributed by atoms with Gasteiger partial charge >= 0.3 is 12.3 Å². The predicted octanol–water partition coefficient (Wildman–Crippen LogP) is 1.86. The van der Waals surface area contributed by atoms with Gasteiger partial charge in [-0.25, -0.2) is 17.6 Å². The van der Waals surface area contributed by atoms with E-state index in [1.54, 1.807) is 0 Å². The van der Waals surface area contributed by atoms with E-state index in [2.05, 4.69) is 19.4 Å². The second kappa shape index (κ2) is 6.68. The van der Waals surface area contributed by atoms with E-state index in [0.717, 1.165) is 0 Å². The van der Waals surface area contributed by atoms with Gasteiger partial charge in [0.25, 0.3) is 6.43 Å². The Morgan fingerprint density at radius 2 is 1.95 bits per heavy atom. The van der Waals surface area contributed by atoms with Crippen molar-refractivity contribution in [2.24, 2.45) is 0 Å². The molecule has 1 heterocycles. The van der Waals surface area contributed by atoms with Crippen molar-refractivity contribution in [3.05, 3.63) is 11.7 Å². The van der Waals surface area contributed by atoms with Crippen molar-refractivity contribution in [3.8, 4) is 0 Å². The maximum Gasteiger partial charge on any atom is 0.330 e. The van der Waals surface area contributed by atoms with Crippen LogP contribution < -0.4 is 0 Å². The predicted molar refractivity (Wildman–Crippen MR) is 49.6 cm³/mol. The Hall–Kier alpha value is -1.65. The van der Waals surface area contributed by atoms with E-state index in [1.165, 1.54) is 0 Å².